The lowest BCUT2D eigenvalue weighted by Crippen LogP contribution is -2.28. The average molecular weight is 428 g/mol. The number of nitrogens with one attached hydrogen (secondary N) is 1. The molecular weight excluding hydrogens is 405 g/mol. The number of nitrogen functional groups attached to an aromatic ring is 1. The molecule has 1 amide bonds. The summed E-state index contributed by atoms with van der Waals surface area (Å²) in [7, 11) is 0. The molecule has 9 heteroatoms. The molecule has 1 aliphatic rings. The van der Waals surface area contributed by atoms with Gasteiger partial charge in [0.1, 0.15) is 0 Å². The van der Waals surface area contributed by atoms with Gasteiger partial charge >= 0.3 is 0 Å². The van der Waals surface area contributed by atoms with Crippen molar-refractivity contribution in [1.29, 1.82) is 0 Å². The van der Waals surface area contributed by atoms with Crippen LogP contribution in [0.3, 0.4) is 0 Å². The van der Waals surface area contributed by atoms with Crippen LogP contribution in [0.4, 0.5) is 0 Å². The van der Waals surface area contributed by atoms with Crippen LogP contribution >= 0.6 is 35.0 Å². The minimum atomic E-state index is -0.226. The maximum Gasteiger partial charge on any atom is 0.230 e. The zero-order chi connectivity index (χ0) is 19.4. The number of thioether (sulfide) groups is 1. The SMILES string of the molecule is CC(NC(=O)CSc1nnc(C2CCCCC2)n1N)c1ccc(Cl)cc1Cl. The number of aromatic nitrogens is 3. The van der Waals surface area contributed by atoms with Crippen molar-refractivity contribution in [3.63, 3.8) is 0 Å². The molecule has 1 aliphatic carbocycles. The van der Waals surface area contributed by atoms with Gasteiger partial charge in [0.05, 0.1) is 11.8 Å². The second-order valence-corrected chi connectivity index (χ2v) is 8.58. The number of halogens is 2. The van der Waals surface area contributed by atoms with Gasteiger partial charge in [-0.3, -0.25) is 4.79 Å². The monoisotopic (exact) mass is 427 g/mol. The third-order valence-electron chi connectivity index (χ3n) is 4.80. The number of hydrogen-bond donors (Lipinski definition) is 2. The van der Waals surface area contributed by atoms with E-state index in [1.165, 1.54) is 35.7 Å². The largest absolute Gasteiger partial charge is 0.349 e. The van der Waals surface area contributed by atoms with E-state index in [-0.39, 0.29) is 17.7 Å². The van der Waals surface area contributed by atoms with Crippen LogP contribution in [0.2, 0.25) is 10.0 Å². The number of carbonyl (C=O) groups excluding carboxylic acids is 1. The standard InChI is InChI=1S/C18H23Cl2N5OS/c1-11(14-8-7-13(19)9-15(14)20)22-16(26)10-27-18-24-23-17(25(18)21)12-5-3-2-4-6-12/h7-9,11-12H,2-6,10,21H2,1H3,(H,22,26). The highest BCUT2D eigenvalue weighted by Crippen LogP contribution is 2.32. The number of nitrogens with two attached hydrogens (primary N) is 1. The summed E-state index contributed by atoms with van der Waals surface area (Å²) in [6.45, 7) is 1.88. The van der Waals surface area contributed by atoms with Gasteiger partial charge in [-0.05, 0) is 37.5 Å². The topological polar surface area (TPSA) is 85.8 Å². The molecule has 0 saturated heterocycles. The highest BCUT2D eigenvalue weighted by molar-refractivity contribution is 7.99. The lowest BCUT2D eigenvalue weighted by atomic mass is 9.89. The van der Waals surface area contributed by atoms with E-state index in [0.29, 0.717) is 21.1 Å². The summed E-state index contributed by atoms with van der Waals surface area (Å²) in [5.74, 6) is 7.42. The van der Waals surface area contributed by atoms with Gasteiger partial charge in [0, 0.05) is 16.0 Å². The van der Waals surface area contributed by atoms with Gasteiger partial charge in [-0.1, -0.05) is 60.3 Å². The molecule has 146 valence electrons. The predicted molar refractivity (Wildman–Crippen MR) is 110 cm³/mol. The Balaban J connectivity index is 1.55. The van der Waals surface area contributed by atoms with Crippen LogP contribution in [0.1, 0.15) is 62.4 Å². The number of amides is 1. The second kappa shape index (κ2) is 9.17. The first-order valence-electron chi connectivity index (χ1n) is 9.03. The summed E-state index contributed by atoms with van der Waals surface area (Å²) in [6, 6.07) is 5.01. The summed E-state index contributed by atoms with van der Waals surface area (Å²) in [5, 5.41) is 13.0. The summed E-state index contributed by atoms with van der Waals surface area (Å²) < 4.78 is 1.54. The molecule has 1 heterocycles. The third-order valence-corrected chi connectivity index (χ3v) is 6.31. The van der Waals surface area contributed by atoms with Gasteiger partial charge < -0.3 is 11.2 Å². The van der Waals surface area contributed by atoms with Crippen molar-refractivity contribution >= 4 is 40.9 Å². The van der Waals surface area contributed by atoms with E-state index in [9.17, 15) is 4.79 Å². The first-order chi connectivity index (χ1) is 13.0. The van der Waals surface area contributed by atoms with Crippen LogP contribution in [0.25, 0.3) is 0 Å². The fourth-order valence-corrected chi connectivity index (χ4v) is 4.62. The van der Waals surface area contributed by atoms with E-state index in [2.05, 4.69) is 15.5 Å². The molecule has 2 aromatic rings. The number of carbonyl (C=O) groups is 1. The van der Waals surface area contributed by atoms with Crippen molar-refractivity contribution in [3.8, 4) is 0 Å². The van der Waals surface area contributed by atoms with Crippen molar-refractivity contribution in [2.75, 3.05) is 11.6 Å². The maximum absolute atomic E-state index is 12.3. The van der Waals surface area contributed by atoms with E-state index < -0.39 is 0 Å². The van der Waals surface area contributed by atoms with Gasteiger partial charge in [0.25, 0.3) is 0 Å². The number of hydrogen-bond acceptors (Lipinski definition) is 5. The quantitative estimate of drug-likeness (QED) is 0.529. The molecule has 0 radical (unpaired) electrons. The van der Waals surface area contributed by atoms with Crippen molar-refractivity contribution in [1.82, 2.24) is 20.2 Å². The molecule has 1 unspecified atom stereocenters. The lowest BCUT2D eigenvalue weighted by Gasteiger charge is -2.20. The van der Waals surface area contributed by atoms with Crippen molar-refractivity contribution in [2.45, 2.75) is 56.1 Å². The molecule has 3 rings (SSSR count). The summed E-state index contributed by atoms with van der Waals surface area (Å²) in [5.41, 5.74) is 0.820. The molecule has 27 heavy (non-hydrogen) atoms. The van der Waals surface area contributed by atoms with Gasteiger partial charge in [-0.15, -0.1) is 10.2 Å². The van der Waals surface area contributed by atoms with Crippen LogP contribution in [0.15, 0.2) is 23.4 Å². The Kier molecular flexibility index (Phi) is 6.89. The zero-order valence-corrected chi connectivity index (χ0v) is 17.4. The first-order valence-corrected chi connectivity index (χ1v) is 10.8. The molecule has 1 aromatic heterocycles. The number of rotatable bonds is 6. The zero-order valence-electron chi connectivity index (χ0n) is 15.1. The first kappa shape index (κ1) is 20.3. The van der Waals surface area contributed by atoms with Crippen LogP contribution in [-0.4, -0.2) is 26.5 Å². The minimum Gasteiger partial charge on any atom is -0.349 e. The molecule has 1 saturated carbocycles. The third kappa shape index (κ3) is 5.09. The highest BCUT2D eigenvalue weighted by Gasteiger charge is 2.23. The van der Waals surface area contributed by atoms with Gasteiger partial charge in [0.2, 0.25) is 11.1 Å². The maximum atomic E-state index is 12.3. The smallest absolute Gasteiger partial charge is 0.230 e. The van der Waals surface area contributed by atoms with Crippen molar-refractivity contribution in [3.05, 3.63) is 39.6 Å². The van der Waals surface area contributed by atoms with Crippen LogP contribution in [0.5, 0.6) is 0 Å². The van der Waals surface area contributed by atoms with Crippen LogP contribution in [0, 0.1) is 0 Å². The Labute approximate surface area is 173 Å². The summed E-state index contributed by atoms with van der Waals surface area (Å²) >= 11 is 13.4. The molecule has 6 nitrogen and oxygen atoms in total. The number of nitrogens with zero attached hydrogens (tertiary/aromatic N) is 3. The Morgan fingerprint density at radius 2 is 2.07 bits per heavy atom. The molecule has 1 atom stereocenters. The highest BCUT2D eigenvalue weighted by atomic mass is 35.5. The Morgan fingerprint density at radius 3 is 2.78 bits per heavy atom. The minimum absolute atomic E-state index is 0.124. The molecule has 0 bridgehead atoms. The van der Waals surface area contributed by atoms with E-state index in [4.69, 9.17) is 29.0 Å². The molecule has 0 aliphatic heterocycles. The van der Waals surface area contributed by atoms with E-state index in [0.717, 1.165) is 24.2 Å². The average Bonchev–Trinajstić information content (AvgIpc) is 3.01. The summed E-state index contributed by atoms with van der Waals surface area (Å²) in [4.78, 5) is 12.3. The van der Waals surface area contributed by atoms with Gasteiger partial charge in [0.15, 0.2) is 5.82 Å². The fourth-order valence-electron chi connectivity index (χ4n) is 3.37. The van der Waals surface area contributed by atoms with Crippen molar-refractivity contribution < 1.29 is 4.79 Å². The second-order valence-electron chi connectivity index (χ2n) is 6.79. The summed E-state index contributed by atoms with van der Waals surface area (Å²) in [6.07, 6.45) is 5.87. The van der Waals surface area contributed by atoms with E-state index in [1.54, 1.807) is 12.1 Å². The van der Waals surface area contributed by atoms with Gasteiger partial charge in [-0.2, -0.15) is 0 Å². The molecular formula is C18H23Cl2N5OS. The Morgan fingerprint density at radius 1 is 1.33 bits per heavy atom. The molecule has 1 aromatic carbocycles. The lowest BCUT2D eigenvalue weighted by molar-refractivity contribution is -0.119. The normalized spacial score (nSPS) is 16.3. The predicted octanol–water partition coefficient (Wildman–Crippen LogP) is 4.32. The molecule has 1 fully saturated rings. The van der Waals surface area contributed by atoms with E-state index >= 15 is 0 Å². The number of benzene rings is 1. The Bertz CT molecular complexity index is 807. The van der Waals surface area contributed by atoms with Crippen LogP contribution < -0.4 is 11.2 Å². The van der Waals surface area contributed by atoms with Gasteiger partial charge in [-0.25, -0.2) is 4.68 Å². The van der Waals surface area contributed by atoms with Crippen molar-refractivity contribution in [2.24, 2.45) is 0 Å². The fraction of sp³-hybridized carbons (Fsp3) is 0.500. The molecule has 3 N–H and O–H groups in total. The Hall–Kier alpha value is -1.44. The van der Waals surface area contributed by atoms with E-state index in [1.807, 2.05) is 13.0 Å². The van der Waals surface area contributed by atoms with Crippen LogP contribution in [-0.2, 0) is 4.79 Å². The molecule has 0 spiro atoms.